The van der Waals surface area contributed by atoms with Gasteiger partial charge < -0.3 is 0 Å². The number of aryl methyl sites for hydroxylation is 1. The Morgan fingerprint density at radius 3 is 3.00 bits per heavy atom. The van der Waals surface area contributed by atoms with E-state index in [1.54, 1.807) is 12.3 Å². The number of rotatable bonds is 2. The maximum absolute atomic E-state index is 5.63. The van der Waals surface area contributed by atoms with Crippen molar-refractivity contribution in [3.05, 3.63) is 23.2 Å². The summed E-state index contributed by atoms with van der Waals surface area (Å²) in [5.41, 5.74) is 0. The number of halogens is 1. The Morgan fingerprint density at radius 2 is 2.40 bits per heavy atom. The summed E-state index contributed by atoms with van der Waals surface area (Å²) in [4.78, 5) is 8.05. The average Bonchev–Trinajstić information content (AvgIpc) is 1.88. The van der Waals surface area contributed by atoms with Gasteiger partial charge >= 0.3 is 0 Å². The summed E-state index contributed by atoms with van der Waals surface area (Å²) in [6.45, 7) is 2.09. The molecular weight excluding hydrogens is 148 g/mol. The largest absolute Gasteiger partial charge is 0.241 e. The van der Waals surface area contributed by atoms with Crippen LogP contribution in [0.15, 0.2) is 12.3 Å². The quantitative estimate of drug-likeness (QED) is 0.613. The molecule has 0 aliphatic heterocycles. The van der Waals surface area contributed by atoms with Crippen molar-refractivity contribution >= 4 is 11.6 Å². The number of hydrogen-bond acceptors (Lipinski definition) is 2. The van der Waals surface area contributed by atoms with Gasteiger partial charge in [0.05, 0.1) is 0 Å². The molecule has 2 nitrogen and oxygen atoms in total. The molecule has 1 heterocycles. The van der Waals surface area contributed by atoms with Gasteiger partial charge in [-0.05, 0) is 12.5 Å². The highest BCUT2D eigenvalue weighted by atomic mass is 35.5. The summed E-state index contributed by atoms with van der Waals surface area (Å²) < 4.78 is 0. The lowest BCUT2D eigenvalue weighted by Gasteiger charge is -1.94. The first-order chi connectivity index (χ1) is 4.83. The topological polar surface area (TPSA) is 25.8 Å². The summed E-state index contributed by atoms with van der Waals surface area (Å²) in [5.74, 6) is 0.829. The van der Waals surface area contributed by atoms with E-state index in [1.165, 1.54) is 0 Å². The predicted octanol–water partition coefficient (Wildman–Crippen LogP) is 2.08. The zero-order valence-electron chi connectivity index (χ0n) is 5.84. The minimum atomic E-state index is 0.526. The molecule has 3 heteroatoms. The molecule has 1 aromatic heterocycles. The van der Waals surface area contributed by atoms with Crippen LogP contribution in [0.1, 0.15) is 19.2 Å². The lowest BCUT2D eigenvalue weighted by Crippen LogP contribution is -1.92. The molecule has 1 rings (SSSR count). The normalized spacial score (nSPS) is 9.80. The van der Waals surface area contributed by atoms with Gasteiger partial charge in [-0.2, -0.15) is 0 Å². The van der Waals surface area contributed by atoms with Gasteiger partial charge in [0.15, 0.2) is 0 Å². The predicted molar refractivity (Wildman–Crippen MR) is 41.0 cm³/mol. The summed E-state index contributed by atoms with van der Waals surface area (Å²) in [5, 5.41) is 0.526. The van der Waals surface area contributed by atoms with Crippen LogP contribution in [0.2, 0.25) is 5.15 Å². The molecule has 0 atom stereocenters. The standard InChI is InChI=1S/C7H9ClN2/c1-2-3-7-9-5-4-6(8)10-7/h4-5H,2-3H2,1H3. The number of aromatic nitrogens is 2. The van der Waals surface area contributed by atoms with E-state index < -0.39 is 0 Å². The molecule has 0 aromatic carbocycles. The van der Waals surface area contributed by atoms with Crippen LogP contribution in [-0.2, 0) is 6.42 Å². The third kappa shape index (κ3) is 1.95. The molecule has 0 spiro atoms. The monoisotopic (exact) mass is 156 g/mol. The van der Waals surface area contributed by atoms with Crippen LogP contribution < -0.4 is 0 Å². The van der Waals surface area contributed by atoms with Gasteiger partial charge in [0.1, 0.15) is 11.0 Å². The zero-order chi connectivity index (χ0) is 7.40. The van der Waals surface area contributed by atoms with Crippen LogP contribution in [-0.4, -0.2) is 9.97 Å². The Hall–Kier alpha value is -0.630. The summed E-state index contributed by atoms with van der Waals surface area (Å²) >= 11 is 5.63. The molecule has 0 aliphatic carbocycles. The molecule has 0 saturated carbocycles. The van der Waals surface area contributed by atoms with Crippen LogP contribution in [0.3, 0.4) is 0 Å². The van der Waals surface area contributed by atoms with Gasteiger partial charge in [0.2, 0.25) is 0 Å². The van der Waals surface area contributed by atoms with E-state index >= 15 is 0 Å². The van der Waals surface area contributed by atoms with E-state index in [4.69, 9.17) is 11.6 Å². The Labute approximate surface area is 65.3 Å². The van der Waals surface area contributed by atoms with Crippen molar-refractivity contribution in [3.63, 3.8) is 0 Å². The molecule has 0 unspecified atom stereocenters. The molecule has 1 aromatic rings. The molecule has 0 fully saturated rings. The van der Waals surface area contributed by atoms with E-state index in [0.29, 0.717) is 5.15 Å². The van der Waals surface area contributed by atoms with E-state index in [-0.39, 0.29) is 0 Å². The van der Waals surface area contributed by atoms with Crippen molar-refractivity contribution < 1.29 is 0 Å². The van der Waals surface area contributed by atoms with Crippen molar-refractivity contribution in [3.8, 4) is 0 Å². The molecule has 0 aliphatic rings. The van der Waals surface area contributed by atoms with E-state index in [1.807, 2.05) is 0 Å². The third-order valence-corrected chi connectivity index (χ3v) is 1.36. The zero-order valence-corrected chi connectivity index (χ0v) is 6.60. The van der Waals surface area contributed by atoms with Crippen LogP contribution in [0.25, 0.3) is 0 Å². The summed E-state index contributed by atoms with van der Waals surface area (Å²) in [7, 11) is 0. The van der Waals surface area contributed by atoms with Gasteiger partial charge in [-0.3, -0.25) is 0 Å². The SMILES string of the molecule is CCCc1nccc(Cl)n1. The fraction of sp³-hybridized carbons (Fsp3) is 0.429. The van der Waals surface area contributed by atoms with Gasteiger partial charge in [0, 0.05) is 12.6 Å². The lowest BCUT2D eigenvalue weighted by molar-refractivity contribution is 0.834. The minimum absolute atomic E-state index is 0.526. The van der Waals surface area contributed by atoms with Crippen molar-refractivity contribution in [1.29, 1.82) is 0 Å². The highest BCUT2D eigenvalue weighted by Crippen LogP contribution is 2.03. The van der Waals surface area contributed by atoms with E-state index in [9.17, 15) is 0 Å². The number of hydrogen-bond donors (Lipinski definition) is 0. The fourth-order valence-corrected chi connectivity index (χ4v) is 0.872. The second kappa shape index (κ2) is 3.52. The Kier molecular flexibility index (Phi) is 2.63. The maximum Gasteiger partial charge on any atom is 0.132 e. The molecule has 10 heavy (non-hydrogen) atoms. The van der Waals surface area contributed by atoms with Crippen LogP contribution in [0, 0.1) is 0 Å². The van der Waals surface area contributed by atoms with E-state index in [2.05, 4.69) is 16.9 Å². The minimum Gasteiger partial charge on any atom is -0.241 e. The Bertz CT molecular complexity index is 213. The summed E-state index contributed by atoms with van der Waals surface area (Å²) in [6, 6.07) is 1.68. The highest BCUT2D eigenvalue weighted by molar-refractivity contribution is 6.29. The molecule has 0 N–H and O–H groups in total. The first-order valence-electron chi connectivity index (χ1n) is 3.30. The van der Waals surface area contributed by atoms with Gasteiger partial charge in [-0.25, -0.2) is 9.97 Å². The molecular formula is C7H9ClN2. The first-order valence-corrected chi connectivity index (χ1v) is 3.68. The average molecular weight is 157 g/mol. The smallest absolute Gasteiger partial charge is 0.132 e. The van der Waals surface area contributed by atoms with Gasteiger partial charge in [-0.1, -0.05) is 18.5 Å². The molecule has 0 bridgehead atoms. The fourth-order valence-electron chi connectivity index (χ4n) is 0.718. The van der Waals surface area contributed by atoms with Crippen LogP contribution in [0.4, 0.5) is 0 Å². The van der Waals surface area contributed by atoms with Crippen molar-refractivity contribution in [1.82, 2.24) is 9.97 Å². The number of nitrogens with zero attached hydrogens (tertiary/aromatic N) is 2. The van der Waals surface area contributed by atoms with Crippen molar-refractivity contribution in [2.24, 2.45) is 0 Å². The first kappa shape index (κ1) is 7.48. The van der Waals surface area contributed by atoms with Crippen LogP contribution in [0.5, 0.6) is 0 Å². The second-order valence-electron chi connectivity index (χ2n) is 2.05. The van der Waals surface area contributed by atoms with Crippen molar-refractivity contribution in [2.75, 3.05) is 0 Å². The lowest BCUT2D eigenvalue weighted by atomic mass is 10.3. The van der Waals surface area contributed by atoms with Gasteiger partial charge in [-0.15, -0.1) is 0 Å². The third-order valence-electron chi connectivity index (χ3n) is 1.15. The van der Waals surface area contributed by atoms with Gasteiger partial charge in [0.25, 0.3) is 0 Å². The summed E-state index contributed by atoms with van der Waals surface area (Å²) in [6.07, 6.45) is 3.64. The van der Waals surface area contributed by atoms with Crippen LogP contribution >= 0.6 is 11.6 Å². The highest BCUT2D eigenvalue weighted by Gasteiger charge is 1.93. The Morgan fingerprint density at radius 1 is 1.60 bits per heavy atom. The Balaban J connectivity index is 2.75. The molecule has 0 saturated heterocycles. The molecule has 0 radical (unpaired) electrons. The molecule has 54 valence electrons. The molecule has 0 amide bonds. The van der Waals surface area contributed by atoms with Crippen molar-refractivity contribution in [2.45, 2.75) is 19.8 Å². The second-order valence-corrected chi connectivity index (χ2v) is 2.43. The maximum atomic E-state index is 5.63. The van der Waals surface area contributed by atoms with E-state index in [0.717, 1.165) is 18.7 Å².